The van der Waals surface area contributed by atoms with Gasteiger partial charge in [-0.2, -0.15) is 0 Å². The van der Waals surface area contributed by atoms with Crippen LogP contribution in [0.1, 0.15) is 44.5 Å². The molecule has 0 saturated heterocycles. The molecule has 110 valence electrons. The zero-order valence-corrected chi connectivity index (χ0v) is 12.3. The Morgan fingerprint density at radius 3 is 2.75 bits per heavy atom. The van der Waals surface area contributed by atoms with Crippen molar-refractivity contribution >= 4 is 5.97 Å². The summed E-state index contributed by atoms with van der Waals surface area (Å²) in [4.78, 5) is 11.3. The van der Waals surface area contributed by atoms with Gasteiger partial charge >= 0.3 is 5.97 Å². The fourth-order valence-corrected chi connectivity index (χ4v) is 3.62. The van der Waals surface area contributed by atoms with Gasteiger partial charge in [0.05, 0.1) is 18.0 Å². The van der Waals surface area contributed by atoms with Crippen LogP contribution in [0.5, 0.6) is 0 Å². The summed E-state index contributed by atoms with van der Waals surface area (Å²) in [6, 6.07) is 0. The summed E-state index contributed by atoms with van der Waals surface area (Å²) in [6.45, 7) is 5.47. The standard InChI is InChI=1S/C15H23N3O2/c1-3-15(19)20-9-12-10-5-7-13-14(8-6-11(10)12)18(4-2)17-16-13/h10-12H,3-9H2,1-2H3/t10-,11+,12-/m1/s1. The number of hydrogen-bond donors (Lipinski definition) is 0. The first-order chi connectivity index (χ1) is 9.74. The summed E-state index contributed by atoms with van der Waals surface area (Å²) >= 11 is 0. The molecule has 0 N–H and O–H groups in total. The van der Waals surface area contributed by atoms with Gasteiger partial charge in [-0.3, -0.25) is 4.79 Å². The molecule has 0 radical (unpaired) electrons. The maximum atomic E-state index is 11.3. The van der Waals surface area contributed by atoms with Crippen LogP contribution in [0.2, 0.25) is 0 Å². The second-order valence-corrected chi connectivity index (χ2v) is 5.90. The zero-order valence-electron chi connectivity index (χ0n) is 12.3. The number of esters is 1. The molecule has 20 heavy (non-hydrogen) atoms. The smallest absolute Gasteiger partial charge is 0.305 e. The van der Waals surface area contributed by atoms with Crippen molar-refractivity contribution in [2.45, 2.75) is 52.5 Å². The van der Waals surface area contributed by atoms with Crippen molar-refractivity contribution < 1.29 is 9.53 Å². The third-order valence-electron chi connectivity index (χ3n) is 4.88. The number of hydrogen-bond acceptors (Lipinski definition) is 4. The molecule has 0 amide bonds. The molecule has 3 rings (SSSR count). The van der Waals surface area contributed by atoms with Crippen molar-refractivity contribution in [3.8, 4) is 0 Å². The van der Waals surface area contributed by atoms with Gasteiger partial charge in [-0.1, -0.05) is 12.1 Å². The fraction of sp³-hybridized carbons (Fsp3) is 0.800. The lowest BCUT2D eigenvalue weighted by Gasteiger charge is -2.09. The van der Waals surface area contributed by atoms with Gasteiger partial charge < -0.3 is 4.74 Å². The van der Waals surface area contributed by atoms with Crippen LogP contribution in [-0.4, -0.2) is 27.6 Å². The molecule has 1 saturated carbocycles. The Bertz CT molecular complexity index is 497. The molecule has 2 aliphatic rings. The minimum absolute atomic E-state index is 0.0733. The Morgan fingerprint density at radius 1 is 1.30 bits per heavy atom. The number of aromatic nitrogens is 3. The highest BCUT2D eigenvalue weighted by Crippen LogP contribution is 2.52. The summed E-state index contributed by atoms with van der Waals surface area (Å²) in [6.07, 6.45) is 4.90. The lowest BCUT2D eigenvalue weighted by molar-refractivity contribution is -0.143. The summed E-state index contributed by atoms with van der Waals surface area (Å²) < 4.78 is 7.35. The van der Waals surface area contributed by atoms with Gasteiger partial charge in [-0.15, -0.1) is 5.10 Å². The van der Waals surface area contributed by atoms with Gasteiger partial charge in [-0.05, 0) is 50.4 Å². The van der Waals surface area contributed by atoms with Crippen molar-refractivity contribution in [3.63, 3.8) is 0 Å². The molecule has 0 aromatic carbocycles. The van der Waals surface area contributed by atoms with Crippen molar-refractivity contribution in [2.24, 2.45) is 17.8 Å². The molecular formula is C15H23N3O2. The number of carbonyl (C=O) groups is 1. The molecule has 5 heteroatoms. The minimum Gasteiger partial charge on any atom is -0.465 e. The van der Waals surface area contributed by atoms with Crippen molar-refractivity contribution in [1.82, 2.24) is 15.0 Å². The molecule has 2 aliphatic carbocycles. The Balaban J connectivity index is 1.60. The highest BCUT2D eigenvalue weighted by molar-refractivity contribution is 5.68. The topological polar surface area (TPSA) is 57.0 Å². The van der Waals surface area contributed by atoms with Crippen molar-refractivity contribution in [2.75, 3.05) is 6.61 Å². The largest absolute Gasteiger partial charge is 0.465 e. The van der Waals surface area contributed by atoms with Gasteiger partial charge in [0.15, 0.2) is 0 Å². The van der Waals surface area contributed by atoms with Crippen LogP contribution < -0.4 is 0 Å². The minimum atomic E-state index is -0.0733. The number of rotatable bonds is 4. The van der Waals surface area contributed by atoms with E-state index in [0.717, 1.165) is 37.6 Å². The molecule has 3 atom stereocenters. The number of aryl methyl sites for hydroxylation is 2. The van der Waals surface area contributed by atoms with E-state index in [1.165, 1.54) is 17.8 Å². The van der Waals surface area contributed by atoms with Crippen LogP contribution in [0.4, 0.5) is 0 Å². The Kier molecular flexibility index (Phi) is 3.76. The normalized spacial score (nSPS) is 28.0. The highest BCUT2D eigenvalue weighted by Gasteiger charge is 2.50. The van der Waals surface area contributed by atoms with Gasteiger partial charge in [0.25, 0.3) is 0 Å². The van der Waals surface area contributed by atoms with Crippen molar-refractivity contribution in [3.05, 3.63) is 11.4 Å². The molecule has 0 aliphatic heterocycles. The summed E-state index contributed by atoms with van der Waals surface area (Å²) in [7, 11) is 0. The molecule has 0 spiro atoms. The van der Waals surface area contributed by atoms with Crippen molar-refractivity contribution in [1.29, 1.82) is 0 Å². The highest BCUT2D eigenvalue weighted by atomic mass is 16.5. The predicted molar refractivity (Wildman–Crippen MR) is 74.1 cm³/mol. The Hall–Kier alpha value is -1.39. The first-order valence-corrected chi connectivity index (χ1v) is 7.81. The second-order valence-electron chi connectivity index (χ2n) is 5.90. The predicted octanol–water partition coefficient (Wildman–Crippen LogP) is 1.99. The fourth-order valence-electron chi connectivity index (χ4n) is 3.62. The summed E-state index contributed by atoms with van der Waals surface area (Å²) in [5.74, 6) is 1.96. The van der Waals surface area contributed by atoms with Crippen LogP contribution in [0.3, 0.4) is 0 Å². The molecule has 1 aromatic rings. The van der Waals surface area contributed by atoms with Crippen LogP contribution in [0.25, 0.3) is 0 Å². The number of fused-ring (bicyclic) bond motifs is 2. The number of ether oxygens (including phenoxy) is 1. The maximum absolute atomic E-state index is 11.3. The van der Waals surface area contributed by atoms with E-state index in [-0.39, 0.29) is 5.97 Å². The first-order valence-electron chi connectivity index (χ1n) is 7.81. The molecule has 1 heterocycles. The average molecular weight is 277 g/mol. The number of nitrogens with zero attached hydrogens (tertiary/aromatic N) is 3. The molecule has 1 aromatic heterocycles. The van der Waals surface area contributed by atoms with Crippen LogP contribution >= 0.6 is 0 Å². The van der Waals surface area contributed by atoms with Crippen LogP contribution in [0.15, 0.2) is 0 Å². The van der Waals surface area contributed by atoms with Gasteiger partial charge in [-0.25, -0.2) is 4.68 Å². The quantitative estimate of drug-likeness (QED) is 0.790. The van der Waals surface area contributed by atoms with Gasteiger partial charge in [0.2, 0.25) is 0 Å². The Labute approximate surface area is 119 Å². The lowest BCUT2D eigenvalue weighted by Crippen LogP contribution is -2.07. The zero-order chi connectivity index (χ0) is 14.1. The molecule has 0 bridgehead atoms. The van der Waals surface area contributed by atoms with E-state index in [2.05, 4.69) is 17.2 Å². The third kappa shape index (κ3) is 2.45. The average Bonchev–Trinajstić information content (AvgIpc) is 2.95. The molecular weight excluding hydrogens is 254 g/mol. The van der Waals surface area contributed by atoms with E-state index < -0.39 is 0 Å². The van der Waals surface area contributed by atoms with Crippen LogP contribution in [0, 0.1) is 17.8 Å². The first kappa shape index (κ1) is 13.6. The molecule has 5 nitrogen and oxygen atoms in total. The summed E-state index contributed by atoms with van der Waals surface area (Å²) in [5, 5.41) is 8.55. The van der Waals surface area contributed by atoms with E-state index in [1.807, 2.05) is 11.6 Å². The SMILES string of the molecule is CCC(=O)OC[C@@H]1[C@@H]2CCc3nnn(CC)c3CC[C@@H]21. The van der Waals surface area contributed by atoms with Gasteiger partial charge in [0.1, 0.15) is 0 Å². The van der Waals surface area contributed by atoms with E-state index in [9.17, 15) is 4.79 Å². The molecule has 1 fully saturated rings. The van der Waals surface area contributed by atoms with E-state index in [4.69, 9.17) is 4.74 Å². The number of carbonyl (C=O) groups excluding carboxylic acids is 1. The van der Waals surface area contributed by atoms with Gasteiger partial charge in [0, 0.05) is 13.0 Å². The van der Waals surface area contributed by atoms with E-state index in [0.29, 0.717) is 18.9 Å². The molecule has 0 unspecified atom stereocenters. The third-order valence-corrected chi connectivity index (χ3v) is 4.88. The maximum Gasteiger partial charge on any atom is 0.305 e. The van der Waals surface area contributed by atoms with E-state index in [1.54, 1.807) is 0 Å². The van der Waals surface area contributed by atoms with E-state index >= 15 is 0 Å². The Morgan fingerprint density at radius 2 is 2.05 bits per heavy atom. The second kappa shape index (κ2) is 5.54. The summed E-state index contributed by atoms with van der Waals surface area (Å²) in [5.41, 5.74) is 2.50. The van der Waals surface area contributed by atoms with Crippen LogP contribution in [-0.2, 0) is 28.9 Å². The lowest BCUT2D eigenvalue weighted by atomic mass is 10.0. The monoisotopic (exact) mass is 277 g/mol.